The van der Waals surface area contributed by atoms with Crippen molar-refractivity contribution in [1.29, 1.82) is 0 Å². The molecule has 23 heavy (non-hydrogen) atoms. The third-order valence-electron chi connectivity index (χ3n) is 3.57. The van der Waals surface area contributed by atoms with Gasteiger partial charge < -0.3 is 14.7 Å². The van der Waals surface area contributed by atoms with Crippen LogP contribution in [0.3, 0.4) is 0 Å². The van der Waals surface area contributed by atoms with Crippen molar-refractivity contribution in [3.05, 3.63) is 59.2 Å². The molecule has 0 fully saturated rings. The van der Waals surface area contributed by atoms with E-state index in [4.69, 9.17) is 14.7 Å². The fourth-order valence-corrected chi connectivity index (χ4v) is 2.42. The summed E-state index contributed by atoms with van der Waals surface area (Å²) >= 11 is 0. The topological polar surface area (TPSA) is 51.0 Å². The van der Waals surface area contributed by atoms with Crippen molar-refractivity contribution in [3.8, 4) is 11.5 Å². The molecule has 2 rings (SSSR count). The number of hydrogen-bond acceptors (Lipinski definition) is 4. The lowest BCUT2D eigenvalue weighted by Crippen LogP contribution is -2.09. The highest BCUT2D eigenvalue weighted by molar-refractivity contribution is 5.79. The van der Waals surface area contributed by atoms with E-state index in [0.717, 1.165) is 17.1 Å². The second-order valence-electron chi connectivity index (χ2n) is 5.68. The number of benzene rings is 2. The highest BCUT2D eigenvalue weighted by Crippen LogP contribution is 2.23. The molecular weight excluding hydrogens is 290 g/mol. The van der Waals surface area contributed by atoms with Gasteiger partial charge in [-0.25, -0.2) is 0 Å². The van der Waals surface area contributed by atoms with Crippen molar-refractivity contribution in [2.75, 3.05) is 13.2 Å². The Morgan fingerprint density at radius 1 is 1.00 bits per heavy atom. The van der Waals surface area contributed by atoms with E-state index in [-0.39, 0.29) is 0 Å². The minimum Gasteiger partial charge on any atom is -0.490 e. The van der Waals surface area contributed by atoms with Gasteiger partial charge in [-0.3, -0.25) is 0 Å². The SMILES string of the molecule is Cc1cc(OCCOc2ccc(C=NO)cc2)ccc1C(C)C. The Kier molecular flexibility index (Phi) is 6.03. The van der Waals surface area contributed by atoms with Gasteiger partial charge in [-0.2, -0.15) is 0 Å². The van der Waals surface area contributed by atoms with E-state index in [9.17, 15) is 0 Å². The van der Waals surface area contributed by atoms with Crippen LogP contribution in [0.1, 0.15) is 36.5 Å². The van der Waals surface area contributed by atoms with Crippen molar-refractivity contribution in [3.63, 3.8) is 0 Å². The molecule has 1 N–H and O–H groups in total. The molecule has 0 amide bonds. The monoisotopic (exact) mass is 313 g/mol. The van der Waals surface area contributed by atoms with Crippen LogP contribution in [0.5, 0.6) is 11.5 Å². The first-order valence-electron chi connectivity index (χ1n) is 7.74. The Morgan fingerprint density at radius 3 is 2.17 bits per heavy atom. The van der Waals surface area contributed by atoms with E-state index in [1.165, 1.54) is 17.3 Å². The molecule has 0 bridgehead atoms. The molecule has 122 valence electrons. The van der Waals surface area contributed by atoms with Crippen LogP contribution in [-0.4, -0.2) is 24.6 Å². The summed E-state index contributed by atoms with van der Waals surface area (Å²) in [7, 11) is 0. The number of nitrogens with zero attached hydrogens (tertiary/aromatic N) is 1. The van der Waals surface area contributed by atoms with Gasteiger partial charge in [0.05, 0.1) is 6.21 Å². The zero-order chi connectivity index (χ0) is 16.7. The molecule has 0 aliphatic carbocycles. The maximum absolute atomic E-state index is 8.46. The molecule has 0 saturated heterocycles. The minimum absolute atomic E-state index is 0.471. The lowest BCUT2D eigenvalue weighted by Gasteiger charge is -2.13. The molecule has 0 unspecified atom stereocenters. The van der Waals surface area contributed by atoms with Gasteiger partial charge in [-0.15, -0.1) is 0 Å². The zero-order valence-electron chi connectivity index (χ0n) is 13.8. The zero-order valence-corrected chi connectivity index (χ0v) is 13.8. The van der Waals surface area contributed by atoms with E-state index in [0.29, 0.717) is 19.1 Å². The normalized spacial score (nSPS) is 11.1. The van der Waals surface area contributed by atoms with Crippen molar-refractivity contribution >= 4 is 6.21 Å². The van der Waals surface area contributed by atoms with E-state index in [2.05, 4.69) is 38.1 Å². The summed E-state index contributed by atoms with van der Waals surface area (Å²) in [5.41, 5.74) is 3.41. The van der Waals surface area contributed by atoms with Crippen molar-refractivity contribution in [2.24, 2.45) is 5.16 Å². The number of hydrogen-bond donors (Lipinski definition) is 1. The molecule has 0 radical (unpaired) electrons. The molecule has 0 saturated carbocycles. The maximum Gasteiger partial charge on any atom is 0.122 e. The van der Waals surface area contributed by atoms with Crippen LogP contribution in [0.4, 0.5) is 0 Å². The molecule has 2 aromatic rings. The molecule has 4 nitrogen and oxygen atoms in total. The van der Waals surface area contributed by atoms with E-state index in [1.54, 1.807) is 0 Å². The smallest absolute Gasteiger partial charge is 0.122 e. The highest BCUT2D eigenvalue weighted by Gasteiger charge is 2.04. The molecule has 0 atom stereocenters. The molecule has 0 aliphatic heterocycles. The summed E-state index contributed by atoms with van der Waals surface area (Å²) in [5.74, 6) is 2.14. The van der Waals surface area contributed by atoms with Gasteiger partial charge in [0.15, 0.2) is 0 Å². The van der Waals surface area contributed by atoms with Crippen LogP contribution in [-0.2, 0) is 0 Å². The summed E-state index contributed by atoms with van der Waals surface area (Å²) in [6, 6.07) is 13.5. The Morgan fingerprint density at radius 2 is 1.61 bits per heavy atom. The van der Waals surface area contributed by atoms with Crippen LogP contribution in [0.2, 0.25) is 0 Å². The van der Waals surface area contributed by atoms with E-state index in [1.807, 2.05) is 30.3 Å². The number of ether oxygens (including phenoxy) is 2. The fraction of sp³-hybridized carbons (Fsp3) is 0.316. The Hall–Kier alpha value is -2.49. The minimum atomic E-state index is 0.471. The second-order valence-corrected chi connectivity index (χ2v) is 5.68. The van der Waals surface area contributed by atoms with Gasteiger partial charge >= 0.3 is 0 Å². The third kappa shape index (κ3) is 5.02. The van der Waals surface area contributed by atoms with Gasteiger partial charge in [0.25, 0.3) is 0 Å². The van der Waals surface area contributed by atoms with E-state index < -0.39 is 0 Å². The van der Waals surface area contributed by atoms with Crippen LogP contribution < -0.4 is 9.47 Å². The first-order valence-corrected chi connectivity index (χ1v) is 7.74. The molecule has 0 aromatic heterocycles. The van der Waals surface area contributed by atoms with Gasteiger partial charge in [0.1, 0.15) is 24.7 Å². The summed E-state index contributed by atoms with van der Waals surface area (Å²) in [4.78, 5) is 0. The molecular formula is C19H23NO3. The summed E-state index contributed by atoms with van der Waals surface area (Å²) in [6.07, 6.45) is 1.37. The first kappa shape index (κ1) is 16.9. The Labute approximate surface area is 137 Å². The Balaban J connectivity index is 1.80. The fourth-order valence-electron chi connectivity index (χ4n) is 2.42. The Bertz CT molecular complexity index is 648. The van der Waals surface area contributed by atoms with Gasteiger partial charge in [-0.05, 0) is 65.9 Å². The van der Waals surface area contributed by atoms with Crippen LogP contribution in [0.15, 0.2) is 47.6 Å². The molecule has 0 heterocycles. The molecule has 0 spiro atoms. The van der Waals surface area contributed by atoms with Gasteiger partial charge in [-0.1, -0.05) is 25.1 Å². The van der Waals surface area contributed by atoms with Crippen molar-refractivity contribution < 1.29 is 14.7 Å². The average molecular weight is 313 g/mol. The number of rotatable bonds is 7. The van der Waals surface area contributed by atoms with Crippen molar-refractivity contribution in [1.82, 2.24) is 0 Å². The molecule has 2 aromatic carbocycles. The predicted octanol–water partition coefficient (Wildman–Crippen LogP) is 4.38. The average Bonchev–Trinajstić information content (AvgIpc) is 2.53. The van der Waals surface area contributed by atoms with Gasteiger partial charge in [0.2, 0.25) is 0 Å². The summed E-state index contributed by atoms with van der Waals surface area (Å²) in [5, 5.41) is 11.4. The molecule has 0 aliphatic rings. The largest absolute Gasteiger partial charge is 0.490 e. The van der Waals surface area contributed by atoms with Crippen LogP contribution in [0.25, 0.3) is 0 Å². The summed E-state index contributed by atoms with van der Waals surface area (Å²) < 4.78 is 11.3. The lowest BCUT2D eigenvalue weighted by molar-refractivity contribution is 0.217. The first-order chi connectivity index (χ1) is 11.1. The standard InChI is InChI=1S/C19H23NO3/c1-14(2)19-9-8-18(12-15(19)3)23-11-10-22-17-6-4-16(5-7-17)13-20-21/h4-9,12-14,21H,10-11H2,1-3H3. The number of aryl methyl sites for hydroxylation is 1. The lowest BCUT2D eigenvalue weighted by atomic mass is 9.98. The highest BCUT2D eigenvalue weighted by atomic mass is 16.5. The van der Waals surface area contributed by atoms with E-state index >= 15 is 0 Å². The second kappa shape index (κ2) is 8.22. The molecule has 4 heteroatoms. The number of oxime groups is 1. The van der Waals surface area contributed by atoms with Crippen LogP contribution >= 0.6 is 0 Å². The van der Waals surface area contributed by atoms with Crippen molar-refractivity contribution in [2.45, 2.75) is 26.7 Å². The van der Waals surface area contributed by atoms with Gasteiger partial charge in [0, 0.05) is 0 Å². The predicted molar refractivity (Wildman–Crippen MR) is 92.1 cm³/mol. The third-order valence-corrected chi connectivity index (χ3v) is 3.57. The van der Waals surface area contributed by atoms with Crippen LogP contribution in [0, 0.1) is 6.92 Å². The quantitative estimate of drug-likeness (QED) is 0.357. The maximum atomic E-state index is 8.46. The summed E-state index contributed by atoms with van der Waals surface area (Å²) in [6.45, 7) is 7.44.